The normalized spacial score (nSPS) is 19.6. The number of benzene rings is 3. The summed E-state index contributed by atoms with van der Waals surface area (Å²) in [5, 5.41) is 39.3. The molecule has 4 N–H and O–H groups in total. The summed E-state index contributed by atoms with van der Waals surface area (Å²) in [6.07, 6.45) is 0.855. The number of rotatable bonds is 17. The largest absolute Gasteiger partial charge is 0.396 e. The first-order valence-electron chi connectivity index (χ1n) is 15.8. The third kappa shape index (κ3) is 7.94. The van der Waals surface area contributed by atoms with E-state index in [2.05, 4.69) is 0 Å². The van der Waals surface area contributed by atoms with E-state index in [1.807, 2.05) is 24.3 Å². The molecule has 0 saturated carbocycles. The maximum atomic E-state index is 13.7. The number of hydrogen-bond acceptors (Lipinski definition) is 8. The van der Waals surface area contributed by atoms with Gasteiger partial charge in [-0.2, -0.15) is 0 Å². The predicted molar refractivity (Wildman–Crippen MR) is 168 cm³/mol. The fraction of sp³-hybridized carbons (Fsp3) is 0.444. The van der Waals surface area contributed by atoms with Crippen molar-refractivity contribution >= 4 is 17.4 Å². The van der Waals surface area contributed by atoms with Crippen LogP contribution >= 0.6 is 0 Å². The molecule has 47 heavy (non-hydrogen) atoms. The number of nitrogens with zero attached hydrogens (tertiary/aromatic N) is 1. The van der Waals surface area contributed by atoms with Crippen LogP contribution in [-0.4, -0.2) is 77.4 Å². The molecule has 0 spiro atoms. The predicted octanol–water partition coefficient (Wildman–Crippen LogP) is 3.82. The molecule has 11 heteroatoms. The average Bonchev–Trinajstić information content (AvgIpc) is 3.07. The van der Waals surface area contributed by atoms with Crippen LogP contribution in [0.15, 0.2) is 72.8 Å². The molecule has 0 bridgehead atoms. The first-order valence-corrected chi connectivity index (χ1v) is 15.8. The van der Waals surface area contributed by atoms with E-state index in [0.29, 0.717) is 50.1 Å². The summed E-state index contributed by atoms with van der Waals surface area (Å²) < 4.78 is 38.4. The second-order valence-corrected chi connectivity index (χ2v) is 12.8. The Kier molecular flexibility index (Phi) is 11.2. The molecule has 2 heterocycles. The number of ether oxygens (including phenoxy) is 2. The number of aryl methyl sites for hydroxylation is 1. The van der Waals surface area contributed by atoms with Crippen molar-refractivity contribution in [3.8, 4) is 0 Å². The number of aliphatic hydroxyl groups excluding tert-OH is 4. The molecule has 2 aliphatic heterocycles. The third-order valence-electron chi connectivity index (χ3n) is 9.36. The highest BCUT2D eigenvalue weighted by Crippen LogP contribution is 2.46. The van der Waals surface area contributed by atoms with Crippen molar-refractivity contribution in [2.45, 2.75) is 49.9 Å². The lowest BCUT2D eigenvalue weighted by atomic mass is 9.78. The summed E-state index contributed by atoms with van der Waals surface area (Å²) >= 11 is 0. The van der Waals surface area contributed by atoms with Crippen LogP contribution in [0, 0.1) is 23.0 Å². The summed E-state index contributed by atoms with van der Waals surface area (Å²) in [6, 6.07) is 18.9. The topological polar surface area (TPSA) is 137 Å². The van der Waals surface area contributed by atoms with E-state index in [9.17, 15) is 38.8 Å². The summed E-state index contributed by atoms with van der Waals surface area (Å²) in [5.74, 6) is -1.67. The minimum absolute atomic E-state index is 0.121. The maximum Gasteiger partial charge on any atom is 0.233 e. The second kappa shape index (κ2) is 15.1. The third-order valence-corrected chi connectivity index (χ3v) is 9.36. The van der Waals surface area contributed by atoms with Gasteiger partial charge in [0.2, 0.25) is 5.91 Å². The lowest BCUT2D eigenvalue weighted by molar-refractivity contribution is -0.212. The number of amides is 1. The molecule has 2 aliphatic rings. The van der Waals surface area contributed by atoms with E-state index < -0.39 is 54.5 Å². The van der Waals surface area contributed by atoms with E-state index in [1.165, 1.54) is 36.4 Å². The van der Waals surface area contributed by atoms with E-state index in [0.717, 1.165) is 11.1 Å². The summed E-state index contributed by atoms with van der Waals surface area (Å²) in [5.41, 5.74) is 1.12. The number of hydrogen-bond donors (Lipinski definition) is 4. The smallest absolute Gasteiger partial charge is 0.233 e. The van der Waals surface area contributed by atoms with E-state index in [1.54, 1.807) is 17.0 Å². The van der Waals surface area contributed by atoms with Crippen LogP contribution < -0.4 is 4.90 Å². The number of anilines is 1. The lowest BCUT2D eigenvalue weighted by Crippen LogP contribution is -2.55. The van der Waals surface area contributed by atoms with Gasteiger partial charge >= 0.3 is 0 Å². The van der Waals surface area contributed by atoms with Crippen LogP contribution in [0.1, 0.15) is 54.5 Å². The van der Waals surface area contributed by atoms with Gasteiger partial charge in [0.25, 0.3) is 0 Å². The fourth-order valence-electron chi connectivity index (χ4n) is 6.19. The number of ketones is 1. The molecular weight excluding hydrogens is 612 g/mol. The van der Waals surface area contributed by atoms with Crippen LogP contribution in [0.2, 0.25) is 0 Å². The Bertz CT molecular complexity index is 1480. The molecule has 9 nitrogen and oxygen atoms in total. The van der Waals surface area contributed by atoms with Gasteiger partial charge in [-0.25, -0.2) is 8.78 Å². The Hall–Kier alpha value is -3.58. The zero-order chi connectivity index (χ0) is 33.6. The molecule has 3 aromatic carbocycles. The van der Waals surface area contributed by atoms with Gasteiger partial charge < -0.3 is 34.8 Å². The van der Waals surface area contributed by atoms with E-state index in [4.69, 9.17) is 9.47 Å². The highest BCUT2D eigenvalue weighted by atomic mass is 19.1. The summed E-state index contributed by atoms with van der Waals surface area (Å²) in [4.78, 5) is 27.6. The van der Waals surface area contributed by atoms with E-state index >= 15 is 0 Å². The molecule has 0 radical (unpaired) electrons. The molecule has 5 rings (SSSR count). The van der Waals surface area contributed by atoms with Gasteiger partial charge in [-0.1, -0.05) is 36.4 Å². The van der Waals surface area contributed by atoms with Gasteiger partial charge in [-0.3, -0.25) is 9.59 Å². The van der Waals surface area contributed by atoms with Gasteiger partial charge in [-0.05, 0) is 78.8 Å². The molecule has 0 unspecified atom stereocenters. The van der Waals surface area contributed by atoms with Crippen LogP contribution in [0.5, 0.6) is 0 Å². The van der Waals surface area contributed by atoms with Crippen molar-refractivity contribution in [2.75, 3.05) is 44.5 Å². The van der Waals surface area contributed by atoms with Gasteiger partial charge in [0, 0.05) is 17.5 Å². The molecule has 2 saturated heterocycles. The number of halogens is 2. The van der Waals surface area contributed by atoms with Gasteiger partial charge in [0.15, 0.2) is 5.78 Å². The monoisotopic (exact) mass is 653 g/mol. The SMILES string of the molecule is O=C(COC1(CCc2ccc([C@@H]3[C@@H](CC[C@H](O)c4ccc(F)cc4)C(=O)N3c3ccc(F)cc3)cc2)COC1)CC(CO)(CO)CO. The van der Waals surface area contributed by atoms with E-state index in [-0.39, 0.29) is 30.8 Å². The number of aliphatic hydroxyl groups is 4. The second-order valence-electron chi connectivity index (χ2n) is 12.8. The lowest BCUT2D eigenvalue weighted by Gasteiger charge is -2.48. The van der Waals surface area contributed by atoms with Crippen LogP contribution in [-0.2, 0) is 25.5 Å². The quantitative estimate of drug-likeness (QED) is 0.162. The summed E-state index contributed by atoms with van der Waals surface area (Å²) in [7, 11) is 0. The highest BCUT2D eigenvalue weighted by Gasteiger charge is 2.48. The molecule has 3 atom stereocenters. The number of carbonyl (C=O) groups excluding carboxylic acids is 2. The fourth-order valence-corrected chi connectivity index (χ4v) is 6.19. The van der Waals surface area contributed by atoms with Crippen molar-refractivity contribution in [1.82, 2.24) is 0 Å². The minimum atomic E-state index is -1.29. The van der Waals surface area contributed by atoms with Crippen LogP contribution in [0.25, 0.3) is 0 Å². The number of Topliss-reactive ketones (excluding diaryl/α,β-unsaturated/α-hetero) is 1. The standard InChI is InChI=1S/C36H41F2NO8/c37-27-7-5-25(6-8-27)32(44)14-13-31-33(39(34(31)45)29-11-9-28(38)10-12-29)26-3-1-24(2-4-26)15-16-36(22-46-23-36)47-18-30(43)17-35(19-40,20-41)21-42/h1-12,31-33,40-42,44H,13-23H2/t31-,32+,33-/m1/s1. The molecule has 1 amide bonds. The van der Waals surface area contributed by atoms with Crippen molar-refractivity contribution in [3.05, 3.63) is 101 Å². The highest BCUT2D eigenvalue weighted by molar-refractivity contribution is 6.03. The Morgan fingerprint density at radius 2 is 1.53 bits per heavy atom. The molecular formula is C36H41F2NO8. The van der Waals surface area contributed by atoms with Gasteiger partial charge in [-0.15, -0.1) is 0 Å². The number of carbonyl (C=O) groups is 2. The molecule has 0 aromatic heterocycles. The minimum Gasteiger partial charge on any atom is -0.396 e. The van der Waals surface area contributed by atoms with Crippen molar-refractivity contribution in [1.29, 1.82) is 0 Å². The van der Waals surface area contributed by atoms with Crippen molar-refractivity contribution in [3.63, 3.8) is 0 Å². The van der Waals surface area contributed by atoms with Crippen molar-refractivity contribution < 1.29 is 48.3 Å². The number of β-lactam (4-membered cyclic amide) rings is 1. The van der Waals surface area contributed by atoms with Gasteiger partial charge in [0.1, 0.15) is 23.8 Å². The first-order chi connectivity index (χ1) is 22.6. The first kappa shape index (κ1) is 34.7. The summed E-state index contributed by atoms with van der Waals surface area (Å²) in [6.45, 7) is -1.14. The molecule has 3 aromatic rings. The van der Waals surface area contributed by atoms with Crippen LogP contribution in [0.4, 0.5) is 14.5 Å². The Morgan fingerprint density at radius 3 is 2.09 bits per heavy atom. The van der Waals surface area contributed by atoms with Crippen molar-refractivity contribution in [2.24, 2.45) is 11.3 Å². The van der Waals surface area contributed by atoms with Gasteiger partial charge in [0.05, 0.1) is 51.1 Å². The maximum absolute atomic E-state index is 13.7. The Labute approximate surface area is 272 Å². The molecule has 0 aliphatic carbocycles. The zero-order valence-electron chi connectivity index (χ0n) is 26.1. The molecule has 252 valence electrons. The Balaban J connectivity index is 1.23. The Morgan fingerprint density at radius 1 is 0.936 bits per heavy atom. The zero-order valence-corrected chi connectivity index (χ0v) is 26.1. The molecule has 2 fully saturated rings. The van der Waals surface area contributed by atoms with Crippen LogP contribution in [0.3, 0.4) is 0 Å². The average molecular weight is 654 g/mol.